The number of hydrogen-bond donors (Lipinski definition) is 0. The summed E-state index contributed by atoms with van der Waals surface area (Å²) in [6.07, 6.45) is 6.96. The van der Waals surface area contributed by atoms with Crippen LogP contribution in [0, 0.1) is 6.92 Å². The third-order valence-electron chi connectivity index (χ3n) is 4.20. The summed E-state index contributed by atoms with van der Waals surface area (Å²) >= 11 is 6.95. The predicted molar refractivity (Wildman–Crippen MR) is 115 cm³/mol. The van der Waals surface area contributed by atoms with E-state index in [9.17, 15) is 0 Å². The molecular formula is C21H28Br2O2. The van der Waals surface area contributed by atoms with Gasteiger partial charge < -0.3 is 9.47 Å². The van der Waals surface area contributed by atoms with E-state index in [0.717, 1.165) is 64.6 Å². The van der Waals surface area contributed by atoms with E-state index < -0.39 is 0 Å². The van der Waals surface area contributed by atoms with Crippen LogP contribution in [0.25, 0.3) is 10.8 Å². The zero-order valence-corrected chi connectivity index (χ0v) is 18.2. The summed E-state index contributed by atoms with van der Waals surface area (Å²) in [5.41, 5.74) is 1.15. The van der Waals surface area contributed by atoms with Crippen molar-refractivity contribution in [3.05, 3.63) is 35.9 Å². The lowest BCUT2D eigenvalue weighted by Crippen LogP contribution is -2.02. The maximum Gasteiger partial charge on any atom is 0.130 e. The first-order valence-corrected chi connectivity index (χ1v) is 11.4. The Kier molecular flexibility index (Phi) is 9.70. The number of halogens is 2. The van der Waals surface area contributed by atoms with Crippen molar-refractivity contribution in [2.24, 2.45) is 0 Å². The van der Waals surface area contributed by atoms with Crippen LogP contribution in [0.1, 0.15) is 44.1 Å². The van der Waals surface area contributed by atoms with Crippen molar-refractivity contribution in [2.75, 3.05) is 23.9 Å². The van der Waals surface area contributed by atoms with E-state index in [1.165, 1.54) is 25.7 Å². The Hall–Kier alpha value is -0.740. The van der Waals surface area contributed by atoms with E-state index in [1.807, 2.05) is 0 Å². The number of benzene rings is 2. The van der Waals surface area contributed by atoms with Crippen molar-refractivity contribution in [3.63, 3.8) is 0 Å². The first-order valence-electron chi connectivity index (χ1n) is 9.17. The zero-order valence-electron chi connectivity index (χ0n) is 15.0. The molecule has 0 fully saturated rings. The largest absolute Gasteiger partial charge is 0.493 e. The maximum absolute atomic E-state index is 6.13. The molecule has 0 radical (unpaired) electrons. The van der Waals surface area contributed by atoms with E-state index >= 15 is 0 Å². The second kappa shape index (κ2) is 11.8. The van der Waals surface area contributed by atoms with Crippen LogP contribution in [0.4, 0.5) is 0 Å². The summed E-state index contributed by atoms with van der Waals surface area (Å²) in [5, 5.41) is 4.43. The second-order valence-electron chi connectivity index (χ2n) is 6.26. The molecule has 2 nitrogen and oxygen atoms in total. The fourth-order valence-corrected chi connectivity index (χ4v) is 3.66. The standard InChI is InChI=1S/C21H28Br2O2/c1-17-16-20(24-14-8-2-6-12-22)18-10-4-5-11-19(18)21(17)25-15-9-3-7-13-23/h4-5,10-11,16H,2-3,6-9,12-15H2,1H3. The lowest BCUT2D eigenvalue weighted by Gasteiger charge is -2.16. The Bertz CT molecular complexity index is 643. The molecule has 2 rings (SSSR count). The second-order valence-corrected chi connectivity index (χ2v) is 7.85. The summed E-state index contributed by atoms with van der Waals surface area (Å²) in [6, 6.07) is 10.5. The molecule has 0 spiro atoms. The van der Waals surface area contributed by atoms with Gasteiger partial charge in [-0.3, -0.25) is 0 Å². The van der Waals surface area contributed by atoms with Gasteiger partial charge in [0.2, 0.25) is 0 Å². The van der Waals surface area contributed by atoms with Crippen LogP contribution in [0.2, 0.25) is 0 Å². The molecule has 0 aliphatic carbocycles. The van der Waals surface area contributed by atoms with Gasteiger partial charge in [0.05, 0.1) is 13.2 Å². The molecule has 0 aliphatic rings. The molecule has 4 heteroatoms. The van der Waals surface area contributed by atoms with Crippen LogP contribution >= 0.6 is 31.9 Å². The van der Waals surface area contributed by atoms with Crippen LogP contribution < -0.4 is 9.47 Å². The van der Waals surface area contributed by atoms with Gasteiger partial charge in [-0.15, -0.1) is 0 Å². The molecular weight excluding hydrogens is 444 g/mol. The Balaban J connectivity index is 2.07. The predicted octanol–water partition coefficient (Wildman–Crippen LogP) is 7.04. The Morgan fingerprint density at radius 2 is 1.36 bits per heavy atom. The van der Waals surface area contributed by atoms with Gasteiger partial charge in [0, 0.05) is 21.4 Å². The highest BCUT2D eigenvalue weighted by molar-refractivity contribution is 9.09. The van der Waals surface area contributed by atoms with Crippen molar-refractivity contribution in [2.45, 2.75) is 45.4 Å². The Morgan fingerprint density at radius 1 is 0.760 bits per heavy atom. The molecule has 0 bridgehead atoms. The van der Waals surface area contributed by atoms with Crippen LogP contribution in [0.3, 0.4) is 0 Å². The minimum atomic E-state index is 0.767. The van der Waals surface area contributed by atoms with Crippen LogP contribution in [0.15, 0.2) is 30.3 Å². The van der Waals surface area contributed by atoms with E-state index in [4.69, 9.17) is 9.47 Å². The molecule has 0 aromatic heterocycles. The molecule has 0 heterocycles. The molecule has 0 saturated heterocycles. The number of fused-ring (bicyclic) bond motifs is 1. The monoisotopic (exact) mass is 470 g/mol. The summed E-state index contributed by atoms with van der Waals surface area (Å²) < 4.78 is 12.2. The fraction of sp³-hybridized carbons (Fsp3) is 0.524. The van der Waals surface area contributed by atoms with Crippen molar-refractivity contribution in [3.8, 4) is 11.5 Å². The van der Waals surface area contributed by atoms with Gasteiger partial charge in [-0.2, -0.15) is 0 Å². The first-order chi connectivity index (χ1) is 12.3. The zero-order chi connectivity index (χ0) is 17.9. The average Bonchev–Trinajstić information content (AvgIpc) is 2.63. The molecule has 0 saturated carbocycles. The van der Waals surface area contributed by atoms with E-state index in [-0.39, 0.29) is 0 Å². The summed E-state index contributed by atoms with van der Waals surface area (Å²) in [7, 11) is 0. The van der Waals surface area contributed by atoms with Gasteiger partial charge in [0.1, 0.15) is 11.5 Å². The van der Waals surface area contributed by atoms with Gasteiger partial charge in [0.25, 0.3) is 0 Å². The van der Waals surface area contributed by atoms with Gasteiger partial charge in [-0.1, -0.05) is 56.1 Å². The molecule has 0 N–H and O–H groups in total. The third-order valence-corrected chi connectivity index (χ3v) is 5.32. The van der Waals surface area contributed by atoms with Crippen molar-refractivity contribution >= 4 is 42.6 Å². The van der Waals surface area contributed by atoms with Crippen molar-refractivity contribution in [1.82, 2.24) is 0 Å². The summed E-state index contributed by atoms with van der Waals surface area (Å²) in [4.78, 5) is 0. The van der Waals surface area contributed by atoms with E-state index in [2.05, 4.69) is 69.1 Å². The van der Waals surface area contributed by atoms with Crippen LogP contribution in [-0.2, 0) is 0 Å². The highest BCUT2D eigenvalue weighted by atomic mass is 79.9. The van der Waals surface area contributed by atoms with Gasteiger partial charge in [0.15, 0.2) is 0 Å². The molecule has 0 aliphatic heterocycles. The molecule has 0 atom stereocenters. The van der Waals surface area contributed by atoms with Crippen molar-refractivity contribution in [1.29, 1.82) is 0 Å². The van der Waals surface area contributed by atoms with Crippen LogP contribution in [-0.4, -0.2) is 23.9 Å². The number of unbranched alkanes of at least 4 members (excludes halogenated alkanes) is 4. The number of alkyl halides is 2. The molecule has 138 valence electrons. The minimum absolute atomic E-state index is 0.767. The third kappa shape index (κ3) is 6.49. The van der Waals surface area contributed by atoms with E-state index in [1.54, 1.807) is 0 Å². The van der Waals surface area contributed by atoms with Crippen molar-refractivity contribution < 1.29 is 9.47 Å². The average molecular weight is 472 g/mol. The number of rotatable bonds is 12. The molecule has 0 amide bonds. The topological polar surface area (TPSA) is 18.5 Å². The smallest absolute Gasteiger partial charge is 0.130 e. The number of aryl methyl sites for hydroxylation is 1. The van der Waals surface area contributed by atoms with Gasteiger partial charge in [-0.25, -0.2) is 0 Å². The summed E-state index contributed by atoms with van der Waals surface area (Å²) in [5.74, 6) is 1.97. The summed E-state index contributed by atoms with van der Waals surface area (Å²) in [6.45, 7) is 3.64. The van der Waals surface area contributed by atoms with Gasteiger partial charge in [-0.05, 0) is 57.1 Å². The fourth-order valence-electron chi connectivity index (χ4n) is 2.86. The molecule has 2 aromatic rings. The Morgan fingerprint density at radius 3 is 2.00 bits per heavy atom. The Labute approximate surface area is 168 Å². The minimum Gasteiger partial charge on any atom is -0.493 e. The van der Waals surface area contributed by atoms with Crippen LogP contribution in [0.5, 0.6) is 11.5 Å². The highest BCUT2D eigenvalue weighted by Crippen LogP contribution is 2.36. The number of ether oxygens (including phenoxy) is 2. The lowest BCUT2D eigenvalue weighted by atomic mass is 10.0. The van der Waals surface area contributed by atoms with E-state index in [0.29, 0.717) is 0 Å². The molecule has 25 heavy (non-hydrogen) atoms. The lowest BCUT2D eigenvalue weighted by molar-refractivity contribution is 0.302. The first kappa shape index (κ1) is 20.6. The molecule has 0 unspecified atom stereocenters. The normalized spacial score (nSPS) is 11.0. The quantitative estimate of drug-likeness (QED) is 0.244. The molecule has 2 aromatic carbocycles. The number of hydrogen-bond acceptors (Lipinski definition) is 2. The SMILES string of the molecule is Cc1cc(OCCCCCBr)c2ccccc2c1OCCCCCBr. The van der Waals surface area contributed by atoms with Gasteiger partial charge >= 0.3 is 0 Å². The highest BCUT2D eigenvalue weighted by Gasteiger charge is 2.11. The maximum atomic E-state index is 6.13.